The van der Waals surface area contributed by atoms with Crippen molar-refractivity contribution in [3.05, 3.63) is 0 Å². The Kier molecular flexibility index (Phi) is 4.37. The Morgan fingerprint density at radius 1 is 1.30 bits per heavy atom. The van der Waals surface area contributed by atoms with Crippen molar-refractivity contribution in [3.63, 3.8) is 0 Å². The van der Waals surface area contributed by atoms with Gasteiger partial charge in [0, 0.05) is 12.1 Å². The molecule has 1 saturated carbocycles. The fraction of sp³-hybridized carbons (Fsp3) is 0.867. The molecular formula is C15H27N3O2. The summed E-state index contributed by atoms with van der Waals surface area (Å²) in [5, 5.41) is 9.06. The Balaban J connectivity index is 1.89. The molecule has 0 aromatic heterocycles. The van der Waals surface area contributed by atoms with E-state index in [0.717, 1.165) is 32.4 Å². The summed E-state index contributed by atoms with van der Waals surface area (Å²) in [5.74, 6) is 0.360. The topological polar surface area (TPSA) is 70.2 Å². The highest BCUT2D eigenvalue weighted by molar-refractivity contribution is 5.88. The fourth-order valence-electron chi connectivity index (χ4n) is 3.49. The van der Waals surface area contributed by atoms with Crippen molar-refractivity contribution in [3.8, 4) is 0 Å². The molecule has 1 heterocycles. The van der Waals surface area contributed by atoms with E-state index in [0.29, 0.717) is 5.92 Å². The number of hydrogen-bond acceptors (Lipinski definition) is 3. The second kappa shape index (κ2) is 5.72. The number of carbonyl (C=O) groups is 2. The van der Waals surface area contributed by atoms with E-state index in [1.165, 1.54) is 6.42 Å². The predicted octanol–water partition coefficient (Wildman–Crippen LogP) is 0.797. The third kappa shape index (κ3) is 3.32. The average molecular weight is 281 g/mol. The molecule has 1 saturated heterocycles. The molecule has 0 radical (unpaired) electrons. The number of rotatable bonds is 3. The van der Waals surface area contributed by atoms with Crippen LogP contribution in [0.2, 0.25) is 0 Å². The summed E-state index contributed by atoms with van der Waals surface area (Å²) in [6, 6.07) is 0. The van der Waals surface area contributed by atoms with Gasteiger partial charge in [0.25, 0.3) is 0 Å². The minimum absolute atomic E-state index is 0.0521. The maximum Gasteiger partial charge on any atom is 0.239 e. The molecule has 5 heteroatoms. The van der Waals surface area contributed by atoms with Crippen LogP contribution in [0, 0.1) is 11.3 Å². The molecule has 3 N–H and O–H groups in total. The van der Waals surface area contributed by atoms with Gasteiger partial charge in [0.1, 0.15) is 0 Å². The molecule has 0 spiro atoms. The first-order chi connectivity index (χ1) is 9.33. The summed E-state index contributed by atoms with van der Waals surface area (Å²) in [7, 11) is 0. The monoisotopic (exact) mass is 281 g/mol. The molecule has 2 aliphatic rings. The molecule has 2 amide bonds. The van der Waals surface area contributed by atoms with Crippen LogP contribution in [0.4, 0.5) is 0 Å². The number of amides is 2. The van der Waals surface area contributed by atoms with Crippen molar-refractivity contribution in [1.82, 2.24) is 16.0 Å². The number of hydrogen-bond donors (Lipinski definition) is 3. The highest BCUT2D eigenvalue weighted by atomic mass is 16.2. The summed E-state index contributed by atoms with van der Waals surface area (Å²) >= 11 is 0. The van der Waals surface area contributed by atoms with Crippen LogP contribution in [0.3, 0.4) is 0 Å². The standard InChI is InChI=1S/C15H27N3O2/c1-14(2,3)18-12(19)9-17-13(20)15-7-5-4-6-11(15)8-16-10-15/h11,16H,4-10H2,1-3H3,(H,17,20)(H,18,19)/t11-,15+/m0/s1. The minimum Gasteiger partial charge on any atom is -0.350 e. The number of nitrogens with one attached hydrogen (secondary N) is 3. The van der Waals surface area contributed by atoms with Gasteiger partial charge < -0.3 is 16.0 Å². The van der Waals surface area contributed by atoms with Crippen LogP contribution < -0.4 is 16.0 Å². The van der Waals surface area contributed by atoms with Gasteiger partial charge in [0.2, 0.25) is 11.8 Å². The van der Waals surface area contributed by atoms with E-state index in [1.54, 1.807) is 0 Å². The zero-order valence-electron chi connectivity index (χ0n) is 12.8. The zero-order chi connectivity index (χ0) is 14.8. The third-order valence-electron chi connectivity index (χ3n) is 4.41. The molecule has 0 bridgehead atoms. The molecule has 2 fully saturated rings. The van der Waals surface area contributed by atoms with E-state index in [1.807, 2.05) is 20.8 Å². The van der Waals surface area contributed by atoms with Crippen molar-refractivity contribution in [2.45, 2.75) is 52.0 Å². The smallest absolute Gasteiger partial charge is 0.239 e. The van der Waals surface area contributed by atoms with Crippen molar-refractivity contribution < 1.29 is 9.59 Å². The summed E-state index contributed by atoms with van der Waals surface area (Å²) < 4.78 is 0. The lowest BCUT2D eigenvalue weighted by Gasteiger charge is -2.37. The van der Waals surface area contributed by atoms with Gasteiger partial charge in [0.05, 0.1) is 12.0 Å². The van der Waals surface area contributed by atoms with Crippen molar-refractivity contribution in [2.75, 3.05) is 19.6 Å². The first kappa shape index (κ1) is 15.3. The molecule has 1 aliphatic carbocycles. The molecule has 5 nitrogen and oxygen atoms in total. The lowest BCUT2D eigenvalue weighted by atomic mass is 9.67. The quantitative estimate of drug-likeness (QED) is 0.716. The second-order valence-electron chi connectivity index (χ2n) is 7.21. The van der Waals surface area contributed by atoms with Crippen molar-refractivity contribution in [1.29, 1.82) is 0 Å². The summed E-state index contributed by atoms with van der Waals surface area (Å²) in [6.45, 7) is 7.56. The number of carbonyl (C=O) groups excluding carboxylic acids is 2. The second-order valence-corrected chi connectivity index (χ2v) is 7.21. The first-order valence-electron chi connectivity index (χ1n) is 7.63. The zero-order valence-corrected chi connectivity index (χ0v) is 12.8. The summed E-state index contributed by atoms with van der Waals surface area (Å²) in [6.07, 6.45) is 4.39. The van der Waals surface area contributed by atoms with Crippen LogP contribution in [-0.4, -0.2) is 37.0 Å². The highest BCUT2D eigenvalue weighted by Crippen LogP contribution is 2.43. The van der Waals surface area contributed by atoms with E-state index in [4.69, 9.17) is 0 Å². The predicted molar refractivity (Wildman–Crippen MR) is 78.2 cm³/mol. The van der Waals surface area contributed by atoms with E-state index in [2.05, 4.69) is 16.0 Å². The average Bonchev–Trinajstić information content (AvgIpc) is 2.78. The third-order valence-corrected chi connectivity index (χ3v) is 4.41. The van der Waals surface area contributed by atoms with E-state index >= 15 is 0 Å². The molecule has 1 aliphatic heterocycles. The van der Waals surface area contributed by atoms with Crippen molar-refractivity contribution in [2.24, 2.45) is 11.3 Å². The summed E-state index contributed by atoms with van der Waals surface area (Å²) in [5.41, 5.74) is -0.539. The van der Waals surface area contributed by atoms with E-state index in [-0.39, 0.29) is 29.3 Å². The molecule has 2 rings (SSSR count). The molecule has 114 valence electrons. The van der Waals surface area contributed by atoms with Crippen LogP contribution in [-0.2, 0) is 9.59 Å². The normalized spacial score (nSPS) is 29.6. The SMILES string of the molecule is CC(C)(C)NC(=O)CNC(=O)[C@@]12CCCC[C@H]1CNC2. The van der Waals surface area contributed by atoms with Gasteiger partial charge in [-0.25, -0.2) is 0 Å². The van der Waals surface area contributed by atoms with E-state index in [9.17, 15) is 9.59 Å². The largest absolute Gasteiger partial charge is 0.350 e. The Hall–Kier alpha value is -1.10. The summed E-state index contributed by atoms with van der Waals surface area (Å²) in [4.78, 5) is 24.3. The van der Waals surface area contributed by atoms with Crippen LogP contribution >= 0.6 is 0 Å². The van der Waals surface area contributed by atoms with Gasteiger partial charge in [-0.05, 0) is 46.1 Å². The lowest BCUT2D eigenvalue weighted by molar-refractivity contribution is -0.136. The van der Waals surface area contributed by atoms with Gasteiger partial charge in [-0.15, -0.1) is 0 Å². The molecule has 0 aromatic rings. The molecular weight excluding hydrogens is 254 g/mol. The van der Waals surface area contributed by atoms with Crippen molar-refractivity contribution >= 4 is 11.8 Å². The van der Waals surface area contributed by atoms with Crippen LogP contribution in [0.15, 0.2) is 0 Å². The van der Waals surface area contributed by atoms with E-state index < -0.39 is 0 Å². The molecule has 0 unspecified atom stereocenters. The molecule has 0 aromatic carbocycles. The van der Waals surface area contributed by atoms with Gasteiger partial charge in [-0.3, -0.25) is 9.59 Å². The fourth-order valence-corrected chi connectivity index (χ4v) is 3.49. The highest BCUT2D eigenvalue weighted by Gasteiger charge is 2.49. The van der Waals surface area contributed by atoms with Gasteiger partial charge >= 0.3 is 0 Å². The van der Waals surface area contributed by atoms with Gasteiger partial charge in [0.15, 0.2) is 0 Å². The maximum absolute atomic E-state index is 12.5. The lowest BCUT2D eigenvalue weighted by Crippen LogP contribution is -2.51. The number of fused-ring (bicyclic) bond motifs is 1. The first-order valence-corrected chi connectivity index (χ1v) is 7.63. The maximum atomic E-state index is 12.5. The van der Waals surface area contributed by atoms with Crippen LogP contribution in [0.25, 0.3) is 0 Å². The Bertz CT molecular complexity index is 389. The van der Waals surface area contributed by atoms with Crippen LogP contribution in [0.1, 0.15) is 46.5 Å². The molecule has 2 atom stereocenters. The molecule has 20 heavy (non-hydrogen) atoms. The Morgan fingerprint density at radius 2 is 2.05 bits per heavy atom. The van der Waals surface area contributed by atoms with Gasteiger partial charge in [-0.2, -0.15) is 0 Å². The van der Waals surface area contributed by atoms with Gasteiger partial charge in [-0.1, -0.05) is 12.8 Å². The Morgan fingerprint density at radius 3 is 2.75 bits per heavy atom. The minimum atomic E-state index is -0.278. The Labute approximate surface area is 121 Å². The van der Waals surface area contributed by atoms with Crippen LogP contribution in [0.5, 0.6) is 0 Å².